The molecular formula is C31H25N3O2S2. The van der Waals surface area contributed by atoms with Crippen molar-refractivity contribution in [1.82, 2.24) is 10.3 Å². The van der Waals surface area contributed by atoms with Gasteiger partial charge in [0, 0.05) is 16.8 Å². The molecule has 0 radical (unpaired) electrons. The van der Waals surface area contributed by atoms with Crippen molar-refractivity contribution in [2.24, 2.45) is 0 Å². The van der Waals surface area contributed by atoms with E-state index in [1.54, 1.807) is 18.0 Å². The lowest BCUT2D eigenvalue weighted by atomic mass is 10.0. The molecule has 1 aliphatic rings. The lowest BCUT2D eigenvalue weighted by Gasteiger charge is -2.26. The molecule has 1 N–H and O–H groups in total. The van der Waals surface area contributed by atoms with E-state index in [9.17, 15) is 0 Å². The zero-order valence-electron chi connectivity index (χ0n) is 20.7. The molecule has 3 aromatic carbocycles. The van der Waals surface area contributed by atoms with Crippen LogP contribution in [0, 0.1) is 6.92 Å². The monoisotopic (exact) mass is 535 g/mol. The average Bonchev–Trinajstić information content (AvgIpc) is 3.55. The van der Waals surface area contributed by atoms with Gasteiger partial charge in [0.05, 0.1) is 11.7 Å². The van der Waals surface area contributed by atoms with Gasteiger partial charge in [-0.25, -0.2) is 0 Å². The summed E-state index contributed by atoms with van der Waals surface area (Å²) in [7, 11) is 0. The molecule has 0 saturated carbocycles. The number of furan rings is 1. The first-order valence-electron chi connectivity index (χ1n) is 12.3. The topological polar surface area (TPSA) is 50.5 Å². The maximum atomic E-state index is 6.43. The van der Waals surface area contributed by atoms with E-state index < -0.39 is 0 Å². The van der Waals surface area contributed by atoms with Gasteiger partial charge in [0.15, 0.2) is 10.2 Å². The maximum absolute atomic E-state index is 6.43. The molecule has 0 unspecified atom stereocenters. The first kappa shape index (κ1) is 24.3. The lowest BCUT2D eigenvalue weighted by Crippen LogP contribution is -2.29. The summed E-state index contributed by atoms with van der Waals surface area (Å²) in [6.07, 6.45) is 1.80. The zero-order chi connectivity index (χ0) is 25.9. The van der Waals surface area contributed by atoms with Gasteiger partial charge < -0.3 is 19.4 Å². The minimum atomic E-state index is -0.217. The Morgan fingerprint density at radius 1 is 0.842 bits per heavy atom. The predicted molar refractivity (Wildman–Crippen MR) is 155 cm³/mol. The highest BCUT2D eigenvalue weighted by atomic mass is 32.2. The molecule has 38 heavy (non-hydrogen) atoms. The maximum Gasteiger partial charge on any atom is 0.174 e. The van der Waals surface area contributed by atoms with Crippen molar-refractivity contribution in [3.63, 3.8) is 0 Å². The molecule has 0 spiro atoms. The Labute approximate surface area is 231 Å². The van der Waals surface area contributed by atoms with Gasteiger partial charge in [-0.2, -0.15) is 0 Å². The van der Waals surface area contributed by atoms with Gasteiger partial charge in [0.2, 0.25) is 0 Å². The first-order valence-corrected chi connectivity index (χ1v) is 13.5. The highest BCUT2D eigenvalue weighted by molar-refractivity contribution is 7.99. The number of rotatable bonds is 7. The number of aryl methyl sites for hydroxylation is 1. The minimum Gasteiger partial charge on any atom is -0.457 e. The third kappa shape index (κ3) is 5.16. The van der Waals surface area contributed by atoms with Crippen LogP contribution in [-0.2, 0) is 0 Å². The standard InChI is InChI=1S/C31H25N3O2S2/c1-21-10-16-25(17-11-21)38-28-19-18-27(36-28)30-29(26-9-5-6-20-32-26)33-31(37)34(30)22-12-14-24(15-13-22)35-23-7-3-2-4-8-23/h2-20,29-30H,1H3,(H,33,37)/t29-,30-/m0/s1. The first-order chi connectivity index (χ1) is 18.6. The fourth-order valence-corrected chi connectivity index (χ4v) is 5.62. The molecule has 1 saturated heterocycles. The average molecular weight is 536 g/mol. The van der Waals surface area contributed by atoms with Gasteiger partial charge in [-0.3, -0.25) is 4.98 Å². The molecule has 188 valence electrons. The summed E-state index contributed by atoms with van der Waals surface area (Å²) in [6, 6.07) is 35.7. The van der Waals surface area contributed by atoms with Crippen LogP contribution in [0.15, 0.2) is 130 Å². The summed E-state index contributed by atoms with van der Waals surface area (Å²) in [5.74, 6) is 2.36. The number of nitrogens with one attached hydrogen (secondary N) is 1. The normalized spacial score (nSPS) is 16.9. The van der Waals surface area contributed by atoms with Crippen LogP contribution in [-0.4, -0.2) is 10.1 Å². The van der Waals surface area contributed by atoms with Gasteiger partial charge in [-0.1, -0.05) is 53.7 Å². The highest BCUT2D eigenvalue weighted by Gasteiger charge is 2.42. The summed E-state index contributed by atoms with van der Waals surface area (Å²) in [4.78, 5) is 7.85. The van der Waals surface area contributed by atoms with E-state index in [0.717, 1.165) is 38.6 Å². The number of para-hydroxylation sites is 1. The lowest BCUT2D eigenvalue weighted by molar-refractivity contribution is 0.383. The fourth-order valence-electron chi connectivity index (χ4n) is 4.49. The van der Waals surface area contributed by atoms with Gasteiger partial charge in [-0.05, 0) is 91.9 Å². The second-order valence-electron chi connectivity index (χ2n) is 8.98. The molecule has 3 heterocycles. The Kier molecular flexibility index (Phi) is 6.86. The Bertz CT molecular complexity index is 1520. The van der Waals surface area contributed by atoms with Crippen LogP contribution >= 0.6 is 24.0 Å². The van der Waals surface area contributed by atoms with E-state index >= 15 is 0 Å². The molecule has 7 heteroatoms. The largest absolute Gasteiger partial charge is 0.457 e. The number of anilines is 1. The molecular weight excluding hydrogens is 510 g/mol. The van der Waals surface area contributed by atoms with Crippen LogP contribution in [0.4, 0.5) is 5.69 Å². The van der Waals surface area contributed by atoms with Gasteiger partial charge >= 0.3 is 0 Å². The summed E-state index contributed by atoms with van der Waals surface area (Å²) < 4.78 is 12.4. The van der Waals surface area contributed by atoms with Crippen molar-refractivity contribution < 1.29 is 9.15 Å². The quantitative estimate of drug-likeness (QED) is 0.211. The zero-order valence-corrected chi connectivity index (χ0v) is 22.3. The van der Waals surface area contributed by atoms with Crippen molar-refractivity contribution in [2.45, 2.75) is 29.0 Å². The van der Waals surface area contributed by atoms with Crippen LogP contribution in [0.3, 0.4) is 0 Å². The summed E-state index contributed by atoms with van der Waals surface area (Å²) in [5, 5.41) is 4.93. The Morgan fingerprint density at radius 3 is 2.32 bits per heavy atom. The predicted octanol–water partition coefficient (Wildman–Crippen LogP) is 8.10. The molecule has 5 aromatic rings. The van der Waals surface area contributed by atoms with E-state index in [1.165, 1.54) is 5.56 Å². The summed E-state index contributed by atoms with van der Waals surface area (Å²) >= 11 is 7.45. The molecule has 2 aromatic heterocycles. The van der Waals surface area contributed by atoms with E-state index in [4.69, 9.17) is 21.4 Å². The molecule has 0 bridgehead atoms. The Morgan fingerprint density at radius 2 is 1.58 bits per heavy atom. The van der Waals surface area contributed by atoms with Crippen molar-refractivity contribution in [2.75, 3.05) is 4.90 Å². The molecule has 1 aliphatic heterocycles. The van der Waals surface area contributed by atoms with Crippen molar-refractivity contribution >= 4 is 34.8 Å². The number of aromatic nitrogens is 1. The number of thiocarbonyl (C=S) groups is 1. The molecule has 1 fully saturated rings. The molecule has 0 amide bonds. The number of pyridine rings is 1. The highest BCUT2D eigenvalue weighted by Crippen LogP contribution is 2.43. The molecule has 5 nitrogen and oxygen atoms in total. The van der Waals surface area contributed by atoms with Gasteiger partial charge in [0.25, 0.3) is 0 Å². The van der Waals surface area contributed by atoms with Crippen LogP contribution in [0.5, 0.6) is 11.5 Å². The molecule has 6 rings (SSSR count). The molecule has 2 atom stereocenters. The summed E-state index contributed by atoms with van der Waals surface area (Å²) in [5.41, 5.74) is 3.07. The second-order valence-corrected chi connectivity index (χ2v) is 10.4. The number of hydrogen-bond donors (Lipinski definition) is 1. The Balaban J connectivity index is 1.31. The Hall–Kier alpha value is -4.07. The smallest absolute Gasteiger partial charge is 0.174 e. The number of benzene rings is 3. The second kappa shape index (κ2) is 10.7. The number of nitrogens with zero attached hydrogens (tertiary/aromatic N) is 2. The minimum absolute atomic E-state index is 0.174. The van der Waals surface area contributed by atoms with Gasteiger partial charge in [0.1, 0.15) is 23.3 Å². The molecule has 0 aliphatic carbocycles. The van der Waals surface area contributed by atoms with E-state index in [-0.39, 0.29) is 12.1 Å². The van der Waals surface area contributed by atoms with Crippen LogP contribution in [0.2, 0.25) is 0 Å². The summed E-state index contributed by atoms with van der Waals surface area (Å²) in [6.45, 7) is 2.09. The number of hydrogen-bond acceptors (Lipinski definition) is 5. The van der Waals surface area contributed by atoms with Crippen LogP contribution in [0.25, 0.3) is 0 Å². The van der Waals surface area contributed by atoms with E-state index in [2.05, 4.69) is 46.4 Å². The van der Waals surface area contributed by atoms with Crippen LogP contribution < -0.4 is 15.0 Å². The number of ether oxygens (including phenoxy) is 1. The third-order valence-electron chi connectivity index (χ3n) is 6.32. The van der Waals surface area contributed by atoms with Crippen LogP contribution in [0.1, 0.15) is 29.1 Å². The van der Waals surface area contributed by atoms with Crippen molar-refractivity contribution in [1.29, 1.82) is 0 Å². The fraction of sp³-hybridized carbons (Fsp3) is 0.0968. The van der Waals surface area contributed by atoms with Gasteiger partial charge in [-0.15, -0.1) is 0 Å². The SMILES string of the molecule is Cc1ccc(Sc2ccc([C@H]3[C@H](c4ccccn4)NC(=S)N3c3ccc(Oc4ccccc4)cc3)o2)cc1. The van der Waals surface area contributed by atoms with Crippen molar-refractivity contribution in [3.05, 3.63) is 132 Å². The van der Waals surface area contributed by atoms with E-state index in [1.807, 2.05) is 84.9 Å². The third-order valence-corrected chi connectivity index (χ3v) is 7.57. The van der Waals surface area contributed by atoms with Crippen molar-refractivity contribution in [3.8, 4) is 11.5 Å². The van der Waals surface area contributed by atoms with E-state index in [0.29, 0.717) is 5.11 Å².